The third-order valence-corrected chi connectivity index (χ3v) is 9.00. The quantitative estimate of drug-likeness (QED) is 0.118. The lowest BCUT2D eigenvalue weighted by Gasteiger charge is -2.29. The molecule has 2 aromatic heterocycles. The molecule has 0 bridgehead atoms. The number of aromatic amines is 1. The van der Waals surface area contributed by atoms with Gasteiger partial charge in [-0.15, -0.1) is 10.2 Å². The Balaban J connectivity index is 1.21. The molecule has 0 saturated heterocycles. The van der Waals surface area contributed by atoms with Gasteiger partial charge >= 0.3 is 6.09 Å². The molecule has 2 aromatic carbocycles. The molecule has 1 aliphatic carbocycles. The van der Waals surface area contributed by atoms with Gasteiger partial charge in [0.2, 0.25) is 23.5 Å². The van der Waals surface area contributed by atoms with Crippen LogP contribution in [0.3, 0.4) is 0 Å². The standard InChI is InChI=1S/C39H51N9O5/c1-39(2,3)53-38(51)41-24-27-9-13-30(14-10-27)36(49)43-33(37(50)42-32-18-15-29(16-19-32)35-44-46-47-45-35)23-26-7-11-28(12-8-26)31-17-20-34(40-25-31)52-22-6-21-48(4)5/h7-8,11-12,15-20,25,27,30,33H,6,9-10,13-14,21-24H2,1-5H3,(H,41,51)(H,42,50)(H,43,49)(H,44,45,46,47). The number of H-pyrrole nitrogens is 1. The minimum absolute atomic E-state index is 0.150. The number of tetrazole rings is 1. The van der Waals surface area contributed by atoms with E-state index in [0.717, 1.165) is 48.1 Å². The van der Waals surface area contributed by atoms with E-state index in [1.165, 1.54) is 0 Å². The van der Waals surface area contributed by atoms with Crippen molar-refractivity contribution >= 4 is 23.6 Å². The lowest BCUT2D eigenvalue weighted by atomic mass is 9.81. The van der Waals surface area contributed by atoms with Crippen LogP contribution in [0.1, 0.15) is 58.4 Å². The molecule has 2 heterocycles. The summed E-state index contributed by atoms with van der Waals surface area (Å²) in [6.45, 7) is 7.54. The average Bonchev–Trinajstić information content (AvgIpc) is 3.68. The Kier molecular flexibility index (Phi) is 13.5. The summed E-state index contributed by atoms with van der Waals surface area (Å²) in [5.41, 5.74) is 3.58. The molecule has 1 fully saturated rings. The van der Waals surface area contributed by atoms with E-state index in [1.807, 2.05) is 71.3 Å². The first-order chi connectivity index (χ1) is 25.4. The Bertz CT molecular complexity index is 1750. The number of nitrogens with zero attached hydrogens (tertiary/aromatic N) is 5. The molecule has 3 amide bonds. The van der Waals surface area contributed by atoms with E-state index in [0.29, 0.717) is 49.8 Å². The van der Waals surface area contributed by atoms with Crippen LogP contribution in [0.2, 0.25) is 0 Å². The summed E-state index contributed by atoms with van der Waals surface area (Å²) in [5, 5.41) is 22.9. The maximum Gasteiger partial charge on any atom is 0.407 e. The maximum atomic E-state index is 13.8. The number of nitrogens with one attached hydrogen (secondary N) is 4. The normalized spacial score (nSPS) is 16.4. The summed E-state index contributed by atoms with van der Waals surface area (Å²) in [4.78, 5) is 46.1. The summed E-state index contributed by atoms with van der Waals surface area (Å²) in [6.07, 6.45) is 5.48. The molecule has 282 valence electrons. The number of hydrogen-bond donors (Lipinski definition) is 4. The Morgan fingerprint density at radius 1 is 0.925 bits per heavy atom. The van der Waals surface area contributed by atoms with E-state index in [9.17, 15) is 14.4 Å². The highest BCUT2D eigenvalue weighted by Crippen LogP contribution is 2.29. The number of rotatable bonds is 15. The Morgan fingerprint density at radius 3 is 2.25 bits per heavy atom. The molecular weight excluding hydrogens is 674 g/mol. The number of aromatic nitrogens is 5. The van der Waals surface area contributed by atoms with Crippen molar-refractivity contribution in [3.8, 4) is 28.4 Å². The molecule has 0 spiro atoms. The zero-order chi connectivity index (χ0) is 37.8. The molecule has 5 rings (SSSR count). The van der Waals surface area contributed by atoms with Gasteiger partial charge < -0.3 is 30.3 Å². The van der Waals surface area contributed by atoms with E-state index >= 15 is 0 Å². The minimum Gasteiger partial charge on any atom is -0.478 e. The van der Waals surface area contributed by atoms with Crippen LogP contribution in [0.4, 0.5) is 10.5 Å². The van der Waals surface area contributed by atoms with Gasteiger partial charge in [0.15, 0.2) is 0 Å². The molecule has 0 radical (unpaired) electrons. The largest absolute Gasteiger partial charge is 0.478 e. The number of ether oxygens (including phenoxy) is 2. The Labute approximate surface area is 310 Å². The van der Waals surface area contributed by atoms with Crippen molar-refractivity contribution in [2.45, 2.75) is 70.9 Å². The van der Waals surface area contributed by atoms with Crippen molar-refractivity contribution in [1.29, 1.82) is 0 Å². The van der Waals surface area contributed by atoms with Crippen LogP contribution in [0.25, 0.3) is 22.5 Å². The zero-order valence-corrected chi connectivity index (χ0v) is 31.2. The minimum atomic E-state index is -0.817. The molecule has 53 heavy (non-hydrogen) atoms. The number of carbonyl (C=O) groups is 3. The summed E-state index contributed by atoms with van der Waals surface area (Å²) in [7, 11) is 4.07. The molecule has 4 aromatic rings. The van der Waals surface area contributed by atoms with Gasteiger partial charge in [-0.3, -0.25) is 9.59 Å². The van der Waals surface area contributed by atoms with Gasteiger partial charge in [-0.2, -0.15) is 5.21 Å². The van der Waals surface area contributed by atoms with E-state index in [4.69, 9.17) is 9.47 Å². The maximum absolute atomic E-state index is 13.8. The van der Waals surface area contributed by atoms with Crippen molar-refractivity contribution in [3.63, 3.8) is 0 Å². The molecule has 4 N–H and O–H groups in total. The first-order valence-electron chi connectivity index (χ1n) is 18.2. The summed E-state index contributed by atoms with van der Waals surface area (Å²) >= 11 is 0. The molecule has 1 aliphatic rings. The van der Waals surface area contributed by atoms with Gasteiger partial charge in [-0.25, -0.2) is 9.78 Å². The molecule has 1 atom stereocenters. The second kappa shape index (κ2) is 18.4. The van der Waals surface area contributed by atoms with Gasteiger partial charge in [-0.05, 0) is 120 Å². The predicted octanol–water partition coefficient (Wildman–Crippen LogP) is 5.26. The molecule has 14 nitrogen and oxygen atoms in total. The second-order valence-corrected chi connectivity index (χ2v) is 14.8. The van der Waals surface area contributed by atoms with Crippen LogP contribution in [0.5, 0.6) is 5.88 Å². The number of pyridine rings is 1. The van der Waals surface area contributed by atoms with Crippen molar-refractivity contribution in [3.05, 3.63) is 72.4 Å². The molecule has 14 heteroatoms. The van der Waals surface area contributed by atoms with Crippen LogP contribution in [0.15, 0.2) is 66.9 Å². The highest BCUT2D eigenvalue weighted by Gasteiger charge is 2.30. The number of anilines is 1. The first kappa shape index (κ1) is 38.9. The van der Waals surface area contributed by atoms with Gasteiger partial charge in [0.25, 0.3) is 0 Å². The number of amides is 3. The van der Waals surface area contributed by atoms with E-state index in [-0.39, 0.29) is 23.7 Å². The average molecular weight is 726 g/mol. The number of carbonyl (C=O) groups excluding carboxylic acids is 3. The van der Waals surface area contributed by atoms with Crippen LogP contribution >= 0.6 is 0 Å². The van der Waals surface area contributed by atoms with Crippen molar-refractivity contribution in [1.82, 2.24) is 41.1 Å². The highest BCUT2D eigenvalue weighted by atomic mass is 16.6. The Hall–Kier alpha value is -5.37. The van der Waals surface area contributed by atoms with Gasteiger partial charge in [0.05, 0.1) is 6.61 Å². The van der Waals surface area contributed by atoms with Crippen molar-refractivity contribution in [2.24, 2.45) is 11.8 Å². The van der Waals surface area contributed by atoms with Crippen LogP contribution in [-0.2, 0) is 20.7 Å². The molecule has 1 saturated carbocycles. The van der Waals surface area contributed by atoms with Crippen LogP contribution < -0.4 is 20.7 Å². The number of hydrogen-bond acceptors (Lipinski definition) is 10. The summed E-state index contributed by atoms with van der Waals surface area (Å²) in [6, 6.07) is 18.1. The monoisotopic (exact) mass is 725 g/mol. The van der Waals surface area contributed by atoms with Gasteiger partial charge in [0.1, 0.15) is 11.6 Å². The smallest absolute Gasteiger partial charge is 0.407 e. The van der Waals surface area contributed by atoms with E-state index in [1.54, 1.807) is 30.5 Å². The van der Waals surface area contributed by atoms with Crippen molar-refractivity contribution < 1.29 is 23.9 Å². The van der Waals surface area contributed by atoms with Gasteiger partial charge in [-0.1, -0.05) is 24.3 Å². The van der Waals surface area contributed by atoms with Crippen LogP contribution in [0, 0.1) is 11.8 Å². The lowest BCUT2D eigenvalue weighted by Crippen LogP contribution is -2.48. The molecular formula is C39H51N9O5. The summed E-state index contributed by atoms with van der Waals surface area (Å²) in [5.74, 6) is 0.587. The zero-order valence-electron chi connectivity index (χ0n) is 31.2. The second-order valence-electron chi connectivity index (χ2n) is 14.8. The Morgan fingerprint density at radius 2 is 1.62 bits per heavy atom. The fourth-order valence-corrected chi connectivity index (χ4v) is 6.15. The lowest BCUT2D eigenvalue weighted by molar-refractivity contribution is -0.130. The topological polar surface area (TPSA) is 176 Å². The summed E-state index contributed by atoms with van der Waals surface area (Å²) < 4.78 is 11.1. The van der Waals surface area contributed by atoms with E-state index in [2.05, 4.69) is 46.5 Å². The predicted molar refractivity (Wildman–Crippen MR) is 202 cm³/mol. The highest BCUT2D eigenvalue weighted by molar-refractivity contribution is 5.97. The fraction of sp³-hybridized carbons (Fsp3) is 0.462. The number of benzene rings is 2. The third kappa shape index (κ3) is 12.4. The van der Waals surface area contributed by atoms with Crippen molar-refractivity contribution in [2.75, 3.05) is 39.1 Å². The SMILES string of the molecule is CN(C)CCCOc1ccc(-c2ccc(CC(NC(=O)C3CCC(CNC(=O)OC(C)(C)C)CC3)C(=O)Nc3ccc(-c4nn[nH]n4)cc3)cc2)cn1. The van der Waals surface area contributed by atoms with Crippen LogP contribution in [-0.4, -0.2) is 93.9 Å². The van der Waals surface area contributed by atoms with E-state index < -0.39 is 17.7 Å². The molecule has 1 unspecified atom stereocenters. The molecule has 0 aliphatic heterocycles. The fourth-order valence-electron chi connectivity index (χ4n) is 6.15. The third-order valence-electron chi connectivity index (χ3n) is 9.00. The number of alkyl carbamates (subject to hydrolysis) is 1. The van der Waals surface area contributed by atoms with Gasteiger partial charge in [0, 0.05) is 54.5 Å². The first-order valence-corrected chi connectivity index (χ1v) is 18.2.